The zero-order valence-electron chi connectivity index (χ0n) is 14.7. The molecule has 0 aliphatic carbocycles. The summed E-state index contributed by atoms with van der Waals surface area (Å²) in [6, 6.07) is 6.69. The van der Waals surface area contributed by atoms with Crippen LogP contribution in [0.1, 0.15) is 6.92 Å². The Kier molecular flexibility index (Phi) is 6.66. The third-order valence-electron chi connectivity index (χ3n) is 3.58. The number of rotatable bonds is 6. The van der Waals surface area contributed by atoms with Crippen molar-refractivity contribution in [2.45, 2.75) is 17.3 Å². The maximum atomic E-state index is 12.4. The predicted molar refractivity (Wildman–Crippen MR) is 112 cm³/mol. The summed E-state index contributed by atoms with van der Waals surface area (Å²) in [5.74, 6) is 1.03. The number of H-pyrrole nitrogens is 1. The molecule has 11 heteroatoms. The number of nitrogens with one attached hydrogen (secondary N) is 2. The van der Waals surface area contributed by atoms with E-state index in [-0.39, 0.29) is 16.7 Å². The minimum Gasteiger partial charge on any atom is -0.496 e. The van der Waals surface area contributed by atoms with Crippen LogP contribution in [-0.2, 0) is 4.79 Å². The molecule has 3 aromatic rings. The first-order valence-electron chi connectivity index (χ1n) is 7.92. The number of methoxy groups -OCH3 is 1. The van der Waals surface area contributed by atoms with E-state index in [9.17, 15) is 4.79 Å². The molecule has 0 aliphatic rings. The average Bonchev–Trinajstić information content (AvgIpc) is 3.12. The van der Waals surface area contributed by atoms with E-state index in [0.717, 1.165) is 0 Å². The van der Waals surface area contributed by atoms with Crippen molar-refractivity contribution in [3.8, 4) is 17.1 Å². The SMILES string of the molecule is COc1ccc(Cl)cc1-c1nc(SC(C)C(=O)Nc2ncc(Cl)cc2Cl)n[nH]1. The van der Waals surface area contributed by atoms with Crippen molar-refractivity contribution in [2.75, 3.05) is 12.4 Å². The summed E-state index contributed by atoms with van der Waals surface area (Å²) >= 11 is 19.1. The molecule has 1 unspecified atom stereocenters. The van der Waals surface area contributed by atoms with Crippen LogP contribution in [0.25, 0.3) is 11.4 Å². The lowest BCUT2D eigenvalue weighted by atomic mass is 10.2. The highest BCUT2D eigenvalue weighted by Crippen LogP contribution is 2.32. The minimum atomic E-state index is -0.501. The third-order valence-corrected chi connectivity index (χ3v) is 5.27. The molecular formula is C17H14Cl3N5O2S. The Morgan fingerprint density at radius 3 is 2.75 bits per heavy atom. The van der Waals surface area contributed by atoms with Gasteiger partial charge < -0.3 is 10.1 Å². The van der Waals surface area contributed by atoms with Crippen LogP contribution in [0, 0.1) is 0 Å². The van der Waals surface area contributed by atoms with E-state index in [1.807, 2.05) is 0 Å². The maximum absolute atomic E-state index is 12.4. The number of ether oxygens (including phenoxy) is 1. The molecule has 146 valence electrons. The fourth-order valence-corrected chi connectivity index (χ4v) is 3.55. The van der Waals surface area contributed by atoms with Gasteiger partial charge in [-0.05, 0) is 31.2 Å². The molecule has 1 amide bonds. The van der Waals surface area contributed by atoms with Crippen LogP contribution in [0.5, 0.6) is 5.75 Å². The zero-order valence-corrected chi connectivity index (χ0v) is 17.7. The van der Waals surface area contributed by atoms with Gasteiger partial charge in [0.25, 0.3) is 0 Å². The number of aromatic amines is 1. The topological polar surface area (TPSA) is 92.8 Å². The Morgan fingerprint density at radius 1 is 1.25 bits per heavy atom. The van der Waals surface area contributed by atoms with Gasteiger partial charge in [0.2, 0.25) is 11.1 Å². The van der Waals surface area contributed by atoms with Gasteiger partial charge in [0.15, 0.2) is 11.6 Å². The molecule has 0 bridgehead atoms. The molecule has 0 radical (unpaired) electrons. The number of pyridine rings is 1. The van der Waals surface area contributed by atoms with Crippen LogP contribution >= 0.6 is 46.6 Å². The Labute approximate surface area is 180 Å². The fourth-order valence-electron chi connectivity index (χ4n) is 2.22. The largest absolute Gasteiger partial charge is 0.496 e. The molecule has 2 aromatic heterocycles. The van der Waals surface area contributed by atoms with Crippen molar-refractivity contribution in [3.63, 3.8) is 0 Å². The Hall–Kier alpha value is -2.00. The number of halogens is 3. The van der Waals surface area contributed by atoms with Crippen molar-refractivity contribution in [1.29, 1.82) is 0 Å². The number of aromatic nitrogens is 4. The van der Waals surface area contributed by atoms with Crippen LogP contribution in [0.2, 0.25) is 15.1 Å². The Morgan fingerprint density at radius 2 is 2.04 bits per heavy atom. The van der Waals surface area contributed by atoms with E-state index in [2.05, 4.69) is 25.5 Å². The molecule has 3 rings (SSSR count). The Balaban J connectivity index is 1.71. The van der Waals surface area contributed by atoms with Gasteiger partial charge in [0.1, 0.15) is 5.75 Å². The minimum absolute atomic E-state index is 0.239. The molecule has 0 spiro atoms. The van der Waals surface area contributed by atoms with Crippen molar-refractivity contribution >= 4 is 58.3 Å². The lowest BCUT2D eigenvalue weighted by Gasteiger charge is -2.10. The molecule has 7 nitrogen and oxygen atoms in total. The number of thioether (sulfide) groups is 1. The molecule has 0 saturated heterocycles. The standard InChI is InChI=1S/C17H14Cl3N5O2S/c1-8(16(26)22-15-12(20)6-10(19)7-21-15)28-17-23-14(24-25-17)11-5-9(18)3-4-13(11)27-2/h3-8H,1-2H3,(H,21,22,26)(H,23,24,25). The van der Waals surface area contributed by atoms with Crippen molar-refractivity contribution in [3.05, 3.63) is 45.5 Å². The highest BCUT2D eigenvalue weighted by atomic mass is 35.5. The maximum Gasteiger partial charge on any atom is 0.238 e. The van der Waals surface area contributed by atoms with Crippen LogP contribution in [0.4, 0.5) is 5.82 Å². The van der Waals surface area contributed by atoms with Gasteiger partial charge in [-0.3, -0.25) is 9.89 Å². The van der Waals surface area contributed by atoms with E-state index in [4.69, 9.17) is 39.5 Å². The molecule has 28 heavy (non-hydrogen) atoms. The second-order valence-corrected chi connectivity index (χ2v) is 8.13. The molecule has 1 atom stereocenters. The van der Waals surface area contributed by atoms with Crippen molar-refractivity contribution < 1.29 is 9.53 Å². The molecular weight excluding hydrogens is 445 g/mol. The number of anilines is 1. The van der Waals surface area contributed by atoms with E-state index in [1.165, 1.54) is 24.0 Å². The van der Waals surface area contributed by atoms with E-state index in [1.54, 1.807) is 32.2 Å². The highest BCUT2D eigenvalue weighted by Gasteiger charge is 2.20. The summed E-state index contributed by atoms with van der Waals surface area (Å²) < 4.78 is 5.32. The first-order chi connectivity index (χ1) is 13.4. The number of benzene rings is 1. The quantitative estimate of drug-likeness (QED) is 0.507. The lowest BCUT2D eigenvalue weighted by Crippen LogP contribution is -2.23. The summed E-state index contributed by atoms with van der Waals surface area (Å²) in [6.45, 7) is 1.72. The summed E-state index contributed by atoms with van der Waals surface area (Å²) in [6.07, 6.45) is 1.40. The van der Waals surface area contributed by atoms with E-state index < -0.39 is 5.25 Å². The normalized spacial score (nSPS) is 11.9. The van der Waals surface area contributed by atoms with Gasteiger partial charge in [-0.1, -0.05) is 46.6 Å². The average molecular weight is 459 g/mol. The summed E-state index contributed by atoms with van der Waals surface area (Å²) in [5.41, 5.74) is 0.670. The number of carbonyl (C=O) groups is 1. The fraction of sp³-hybridized carbons (Fsp3) is 0.176. The van der Waals surface area contributed by atoms with Crippen LogP contribution in [0.3, 0.4) is 0 Å². The number of hydrogen-bond donors (Lipinski definition) is 2. The highest BCUT2D eigenvalue weighted by molar-refractivity contribution is 8.00. The Bertz CT molecular complexity index is 1010. The van der Waals surface area contributed by atoms with Crippen LogP contribution < -0.4 is 10.1 Å². The second kappa shape index (κ2) is 9.00. The zero-order chi connectivity index (χ0) is 20.3. The number of hydrogen-bond acceptors (Lipinski definition) is 6. The molecule has 2 heterocycles. The number of amides is 1. The van der Waals surface area contributed by atoms with Gasteiger partial charge in [-0.15, -0.1) is 5.10 Å². The van der Waals surface area contributed by atoms with Gasteiger partial charge in [0.05, 0.1) is 28.0 Å². The lowest BCUT2D eigenvalue weighted by molar-refractivity contribution is -0.115. The monoisotopic (exact) mass is 457 g/mol. The molecule has 2 N–H and O–H groups in total. The predicted octanol–water partition coefficient (Wildman–Crippen LogP) is 4.95. The molecule has 0 fully saturated rings. The molecule has 0 saturated carbocycles. The number of nitrogens with zero attached hydrogens (tertiary/aromatic N) is 3. The molecule has 0 aliphatic heterocycles. The van der Waals surface area contributed by atoms with Gasteiger partial charge >= 0.3 is 0 Å². The first kappa shape index (κ1) is 20.7. The van der Waals surface area contributed by atoms with Crippen molar-refractivity contribution in [1.82, 2.24) is 20.2 Å². The van der Waals surface area contributed by atoms with Crippen LogP contribution in [0.15, 0.2) is 35.6 Å². The van der Waals surface area contributed by atoms with E-state index in [0.29, 0.717) is 32.3 Å². The van der Waals surface area contributed by atoms with Gasteiger partial charge in [0, 0.05) is 11.2 Å². The third kappa shape index (κ3) is 4.88. The first-order valence-corrected chi connectivity index (χ1v) is 9.93. The number of carbonyl (C=O) groups excluding carboxylic acids is 1. The second-order valence-electron chi connectivity index (χ2n) is 5.54. The summed E-state index contributed by atoms with van der Waals surface area (Å²) in [4.78, 5) is 20.8. The summed E-state index contributed by atoms with van der Waals surface area (Å²) in [5, 5.41) is 10.7. The van der Waals surface area contributed by atoms with Crippen LogP contribution in [-0.4, -0.2) is 38.4 Å². The molecule has 1 aromatic carbocycles. The summed E-state index contributed by atoms with van der Waals surface area (Å²) in [7, 11) is 1.56. The van der Waals surface area contributed by atoms with Gasteiger partial charge in [-0.25, -0.2) is 9.97 Å². The smallest absolute Gasteiger partial charge is 0.238 e. The van der Waals surface area contributed by atoms with Gasteiger partial charge in [-0.2, -0.15) is 0 Å². The van der Waals surface area contributed by atoms with E-state index >= 15 is 0 Å². The van der Waals surface area contributed by atoms with Crippen molar-refractivity contribution in [2.24, 2.45) is 0 Å².